The molecule has 1 heterocycles. The van der Waals surface area contributed by atoms with Crippen molar-refractivity contribution in [3.05, 3.63) is 53.7 Å². The van der Waals surface area contributed by atoms with Crippen molar-refractivity contribution in [3.8, 4) is 0 Å². The highest BCUT2D eigenvalue weighted by atomic mass is 19.1. The molecule has 2 rings (SSSR count). The topological polar surface area (TPSA) is 80.9 Å². The molecule has 0 aliphatic heterocycles. The summed E-state index contributed by atoms with van der Waals surface area (Å²) in [4.78, 5) is 19.3. The monoisotopic (exact) mass is 246 g/mol. The molecule has 1 aromatic carbocycles. The van der Waals surface area contributed by atoms with Crippen LogP contribution in [0, 0.1) is 5.82 Å². The predicted molar refractivity (Wildman–Crippen MR) is 64.0 cm³/mol. The minimum Gasteiger partial charge on any atom is -0.382 e. The number of carbonyl (C=O) groups is 1. The van der Waals surface area contributed by atoms with Gasteiger partial charge in [0.1, 0.15) is 17.3 Å². The van der Waals surface area contributed by atoms with Crippen molar-refractivity contribution in [1.29, 1.82) is 0 Å². The molecule has 3 N–H and O–H groups in total. The second-order valence-corrected chi connectivity index (χ2v) is 3.64. The summed E-state index contributed by atoms with van der Waals surface area (Å²) in [6.07, 6.45) is 2.59. The van der Waals surface area contributed by atoms with E-state index >= 15 is 0 Å². The normalized spacial score (nSPS) is 10.1. The second-order valence-electron chi connectivity index (χ2n) is 3.64. The first kappa shape index (κ1) is 12.0. The smallest absolute Gasteiger partial charge is 0.271 e. The van der Waals surface area contributed by atoms with Crippen LogP contribution in [-0.4, -0.2) is 15.9 Å². The maximum Gasteiger partial charge on any atom is 0.271 e. The van der Waals surface area contributed by atoms with E-state index in [0.717, 1.165) is 0 Å². The number of halogens is 1. The molecule has 0 aliphatic rings. The molecule has 0 fully saturated rings. The van der Waals surface area contributed by atoms with Crippen LogP contribution in [0.5, 0.6) is 0 Å². The molecule has 0 saturated carbocycles. The number of hydrogen-bond acceptors (Lipinski definition) is 4. The lowest BCUT2D eigenvalue weighted by Gasteiger charge is -2.04. The second kappa shape index (κ2) is 5.22. The Morgan fingerprint density at radius 2 is 2.17 bits per heavy atom. The third kappa shape index (κ3) is 3.00. The fraction of sp³-hybridized carbons (Fsp3) is 0.0833. The van der Waals surface area contributed by atoms with Crippen molar-refractivity contribution in [2.24, 2.45) is 0 Å². The minimum absolute atomic E-state index is 0.167. The molecule has 0 spiro atoms. The SMILES string of the molecule is Nc1cnc(C(=O)NCc2cccc(F)c2)cn1. The van der Waals surface area contributed by atoms with Crippen molar-refractivity contribution in [2.75, 3.05) is 5.73 Å². The van der Waals surface area contributed by atoms with Crippen LogP contribution in [0.4, 0.5) is 10.2 Å². The first-order chi connectivity index (χ1) is 8.65. The van der Waals surface area contributed by atoms with Gasteiger partial charge in [-0.2, -0.15) is 0 Å². The van der Waals surface area contributed by atoms with E-state index in [1.807, 2.05) is 0 Å². The average Bonchev–Trinajstić information content (AvgIpc) is 2.37. The van der Waals surface area contributed by atoms with Gasteiger partial charge in [-0.1, -0.05) is 12.1 Å². The van der Waals surface area contributed by atoms with Gasteiger partial charge in [-0.05, 0) is 17.7 Å². The van der Waals surface area contributed by atoms with E-state index in [2.05, 4.69) is 15.3 Å². The molecule has 2 aromatic rings. The predicted octanol–water partition coefficient (Wildman–Crippen LogP) is 1.13. The summed E-state index contributed by atoms with van der Waals surface area (Å²) in [5.41, 5.74) is 6.20. The van der Waals surface area contributed by atoms with Gasteiger partial charge in [-0.25, -0.2) is 14.4 Å². The van der Waals surface area contributed by atoms with E-state index < -0.39 is 0 Å². The number of aromatic nitrogens is 2. The highest BCUT2D eigenvalue weighted by Crippen LogP contribution is 2.03. The zero-order valence-corrected chi connectivity index (χ0v) is 9.43. The molecule has 18 heavy (non-hydrogen) atoms. The van der Waals surface area contributed by atoms with Gasteiger partial charge in [0.2, 0.25) is 0 Å². The van der Waals surface area contributed by atoms with Crippen LogP contribution in [0.1, 0.15) is 16.1 Å². The number of nitrogens with one attached hydrogen (secondary N) is 1. The Kier molecular flexibility index (Phi) is 3.47. The fourth-order valence-electron chi connectivity index (χ4n) is 1.38. The van der Waals surface area contributed by atoms with Gasteiger partial charge in [0.25, 0.3) is 5.91 Å². The summed E-state index contributed by atoms with van der Waals surface area (Å²) in [5.74, 6) is -0.475. The van der Waals surface area contributed by atoms with Crippen molar-refractivity contribution >= 4 is 11.7 Å². The van der Waals surface area contributed by atoms with E-state index in [1.165, 1.54) is 24.5 Å². The number of carbonyl (C=O) groups excluding carboxylic acids is 1. The van der Waals surface area contributed by atoms with Crippen LogP contribution in [-0.2, 0) is 6.54 Å². The van der Waals surface area contributed by atoms with Crippen molar-refractivity contribution in [1.82, 2.24) is 15.3 Å². The number of nitrogen functional groups attached to an aromatic ring is 1. The number of amides is 1. The third-order valence-corrected chi connectivity index (χ3v) is 2.25. The largest absolute Gasteiger partial charge is 0.382 e. The average molecular weight is 246 g/mol. The van der Waals surface area contributed by atoms with Crippen molar-refractivity contribution in [2.45, 2.75) is 6.54 Å². The first-order valence-electron chi connectivity index (χ1n) is 5.25. The van der Waals surface area contributed by atoms with Gasteiger partial charge in [-0.15, -0.1) is 0 Å². The van der Waals surface area contributed by atoms with Crippen molar-refractivity contribution in [3.63, 3.8) is 0 Å². The molecule has 92 valence electrons. The van der Waals surface area contributed by atoms with Crippen LogP contribution in [0.15, 0.2) is 36.7 Å². The van der Waals surface area contributed by atoms with Crippen LogP contribution >= 0.6 is 0 Å². The lowest BCUT2D eigenvalue weighted by molar-refractivity contribution is 0.0945. The summed E-state index contributed by atoms with van der Waals surface area (Å²) in [6, 6.07) is 6.00. The zero-order chi connectivity index (χ0) is 13.0. The fourth-order valence-corrected chi connectivity index (χ4v) is 1.38. The first-order valence-corrected chi connectivity index (χ1v) is 5.25. The van der Waals surface area contributed by atoms with Crippen molar-refractivity contribution < 1.29 is 9.18 Å². The van der Waals surface area contributed by atoms with Crippen LogP contribution < -0.4 is 11.1 Å². The van der Waals surface area contributed by atoms with E-state index in [1.54, 1.807) is 12.1 Å². The van der Waals surface area contributed by atoms with Gasteiger partial charge in [0, 0.05) is 6.54 Å². The van der Waals surface area contributed by atoms with Gasteiger partial charge in [-0.3, -0.25) is 4.79 Å². The van der Waals surface area contributed by atoms with Gasteiger partial charge in [0.15, 0.2) is 0 Å². The Bertz CT molecular complexity index is 556. The molecule has 0 atom stereocenters. The molecular formula is C12H11FN4O. The third-order valence-electron chi connectivity index (χ3n) is 2.25. The van der Waals surface area contributed by atoms with Crippen LogP contribution in [0.3, 0.4) is 0 Å². The van der Waals surface area contributed by atoms with Crippen LogP contribution in [0.25, 0.3) is 0 Å². The van der Waals surface area contributed by atoms with Gasteiger partial charge >= 0.3 is 0 Å². The number of hydrogen-bond donors (Lipinski definition) is 2. The molecule has 0 aliphatic carbocycles. The summed E-state index contributed by atoms with van der Waals surface area (Å²) in [7, 11) is 0. The maximum atomic E-state index is 12.9. The number of nitrogens with zero attached hydrogens (tertiary/aromatic N) is 2. The Balaban J connectivity index is 1.98. The molecule has 1 aromatic heterocycles. The zero-order valence-electron chi connectivity index (χ0n) is 9.43. The summed E-state index contributed by atoms with van der Waals surface area (Å²) < 4.78 is 12.9. The standard InChI is InChI=1S/C12H11FN4O/c13-9-3-1-2-8(4-9)5-17-12(18)10-6-16-11(14)7-15-10/h1-4,6-7H,5H2,(H2,14,16)(H,17,18). The molecule has 5 nitrogen and oxygen atoms in total. The minimum atomic E-state index is -0.383. The molecule has 0 unspecified atom stereocenters. The van der Waals surface area contributed by atoms with Crippen LogP contribution in [0.2, 0.25) is 0 Å². The summed E-state index contributed by atoms with van der Waals surface area (Å²) in [6.45, 7) is 0.225. The molecule has 0 saturated heterocycles. The Morgan fingerprint density at radius 3 is 2.83 bits per heavy atom. The van der Waals surface area contributed by atoms with E-state index in [4.69, 9.17) is 5.73 Å². The summed E-state index contributed by atoms with van der Waals surface area (Å²) in [5, 5.41) is 2.61. The Morgan fingerprint density at radius 1 is 1.33 bits per heavy atom. The molecule has 0 radical (unpaired) electrons. The van der Waals surface area contributed by atoms with Gasteiger partial charge in [0.05, 0.1) is 12.4 Å². The highest BCUT2D eigenvalue weighted by Gasteiger charge is 2.07. The number of anilines is 1. The molecule has 1 amide bonds. The highest BCUT2D eigenvalue weighted by molar-refractivity contribution is 5.91. The van der Waals surface area contributed by atoms with E-state index in [-0.39, 0.29) is 29.8 Å². The number of rotatable bonds is 3. The number of benzene rings is 1. The number of nitrogens with two attached hydrogens (primary N) is 1. The molecule has 6 heteroatoms. The van der Waals surface area contributed by atoms with Gasteiger partial charge < -0.3 is 11.1 Å². The Labute approximate surface area is 103 Å². The van der Waals surface area contributed by atoms with E-state index in [0.29, 0.717) is 5.56 Å². The lowest BCUT2D eigenvalue weighted by Crippen LogP contribution is -2.24. The van der Waals surface area contributed by atoms with E-state index in [9.17, 15) is 9.18 Å². The Hall–Kier alpha value is -2.50. The maximum absolute atomic E-state index is 12.9. The molecular weight excluding hydrogens is 235 g/mol. The molecule has 0 bridgehead atoms. The quantitative estimate of drug-likeness (QED) is 0.850. The summed E-state index contributed by atoms with van der Waals surface area (Å²) >= 11 is 0. The lowest BCUT2D eigenvalue weighted by atomic mass is 10.2.